The lowest BCUT2D eigenvalue weighted by Crippen LogP contribution is -2.32. The number of Topliss-reactive ketones (excluding diaryl/α,β-unsaturated/α-hetero) is 1. The molecule has 0 bridgehead atoms. The topological polar surface area (TPSA) is 99.2 Å². The van der Waals surface area contributed by atoms with Gasteiger partial charge in [-0.05, 0) is 56.5 Å². The third-order valence-electron chi connectivity index (χ3n) is 5.72. The molecule has 1 atom stereocenters. The van der Waals surface area contributed by atoms with E-state index in [0.717, 1.165) is 10.1 Å². The van der Waals surface area contributed by atoms with Crippen molar-refractivity contribution in [3.63, 3.8) is 0 Å². The van der Waals surface area contributed by atoms with Gasteiger partial charge in [-0.3, -0.25) is 9.36 Å². The zero-order valence-electron chi connectivity index (χ0n) is 19.8. The molecule has 0 unspecified atom stereocenters. The van der Waals surface area contributed by atoms with E-state index in [-0.39, 0.29) is 23.8 Å². The number of aromatic nitrogens is 4. The molecule has 13 heteroatoms. The number of aliphatic hydroxyl groups is 1. The second kappa shape index (κ2) is 10.4. The minimum absolute atomic E-state index is 0.0813. The molecule has 0 fully saturated rings. The normalized spacial score (nSPS) is 12.6. The van der Waals surface area contributed by atoms with E-state index in [1.54, 1.807) is 32.9 Å². The molecule has 194 valence electrons. The maximum absolute atomic E-state index is 15.1. The highest BCUT2D eigenvalue weighted by Gasteiger charge is 2.39. The Morgan fingerprint density at radius 2 is 1.94 bits per heavy atom. The summed E-state index contributed by atoms with van der Waals surface area (Å²) in [5.41, 5.74) is 0.500. The largest absolute Gasteiger partial charge is 0.464 e. The van der Waals surface area contributed by atoms with Gasteiger partial charge < -0.3 is 9.84 Å². The fraction of sp³-hybridized carbons (Fsp3) is 0.391. The molecule has 2 aromatic heterocycles. The van der Waals surface area contributed by atoms with Gasteiger partial charge in [0.25, 0.3) is 0 Å². The summed E-state index contributed by atoms with van der Waals surface area (Å²) in [5.74, 6) is -3.72. The number of ether oxygens (including phenoxy) is 1. The molecule has 0 saturated carbocycles. The standard InChI is InChI=1S/C23H23ClF4N4O4/c1-5-31-19(10-33)30-32(22(31)35)20-17(25)8-15(21(29-20)36-13(4)23(26,27)28)18(34)9-14-12(3)11(2)6-7-16(14)24/h6-8,13,33H,5,9-10H2,1-4H3/t13-/m0/s1. The van der Waals surface area contributed by atoms with Crippen molar-refractivity contribution in [2.75, 3.05) is 0 Å². The highest BCUT2D eigenvalue weighted by Crippen LogP contribution is 2.30. The molecule has 0 radical (unpaired) electrons. The number of nitrogens with zero attached hydrogens (tertiary/aromatic N) is 4. The molecule has 0 saturated heterocycles. The predicted molar refractivity (Wildman–Crippen MR) is 122 cm³/mol. The molecule has 0 aliphatic rings. The van der Waals surface area contributed by atoms with Crippen molar-refractivity contribution in [2.45, 2.75) is 59.5 Å². The van der Waals surface area contributed by atoms with Crippen molar-refractivity contribution in [1.29, 1.82) is 0 Å². The first kappa shape index (κ1) is 27.3. The molecule has 0 spiro atoms. The van der Waals surface area contributed by atoms with E-state index in [1.807, 2.05) is 0 Å². The van der Waals surface area contributed by atoms with Crippen LogP contribution >= 0.6 is 11.6 Å². The van der Waals surface area contributed by atoms with Gasteiger partial charge in [0, 0.05) is 18.0 Å². The highest BCUT2D eigenvalue weighted by molar-refractivity contribution is 6.31. The van der Waals surface area contributed by atoms with E-state index in [4.69, 9.17) is 16.3 Å². The summed E-state index contributed by atoms with van der Waals surface area (Å²) in [7, 11) is 0. The average Bonchev–Trinajstić information content (AvgIpc) is 3.14. The molecule has 2 heterocycles. The summed E-state index contributed by atoms with van der Waals surface area (Å²) in [5, 5.41) is 13.5. The molecular formula is C23H23ClF4N4O4. The monoisotopic (exact) mass is 530 g/mol. The summed E-state index contributed by atoms with van der Waals surface area (Å²) >= 11 is 6.22. The van der Waals surface area contributed by atoms with Crippen molar-refractivity contribution in [3.8, 4) is 11.7 Å². The molecule has 36 heavy (non-hydrogen) atoms. The molecule has 1 aromatic carbocycles. The highest BCUT2D eigenvalue weighted by atomic mass is 35.5. The van der Waals surface area contributed by atoms with Crippen molar-refractivity contribution in [3.05, 3.63) is 67.6 Å². The summed E-state index contributed by atoms with van der Waals surface area (Å²) in [6.45, 7) is 5.23. The van der Waals surface area contributed by atoms with Crippen LogP contribution in [0.3, 0.4) is 0 Å². The van der Waals surface area contributed by atoms with E-state index in [0.29, 0.717) is 28.8 Å². The van der Waals surface area contributed by atoms with Crippen LogP contribution in [0.4, 0.5) is 17.6 Å². The molecule has 3 aromatic rings. The smallest absolute Gasteiger partial charge is 0.425 e. The van der Waals surface area contributed by atoms with E-state index < -0.39 is 53.4 Å². The van der Waals surface area contributed by atoms with Crippen LogP contribution in [-0.4, -0.2) is 42.5 Å². The SMILES string of the molecule is CCn1c(CO)nn(-c2nc(O[C@@H](C)C(F)(F)F)c(C(=O)Cc3c(Cl)ccc(C)c3C)cc2F)c1=O. The third kappa shape index (κ3) is 5.29. The minimum Gasteiger partial charge on any atom is -0.464 e. The van der Waals surface area contributed by atoms with E-state index in [9.17, 15) is 27.9 Å². The number of pyridine rings is 1. The maximum atomic E-state index is 15.1. The lowest BCUT2D eigenvalue weighted by Gasteiger charge is -2.19. The quantitative estimate of drug-likeness (QED) is 0.348. The number of halogens is 5. The minimum atomic E-state index is -4.82. The Morgan fingerprint density at radius 1 is 1.28 bits per heavy atom. The fourth-order valence-corrected chi connectivity index (χ4v) is 3.73. The van der Waals surface area contributed by atoms with Gasteiger partial charge in [-0.25, -0.2) is 9.18 Å². The lowest BCUT2D eigenvalue weighted by atomic mass is 9.97. The van der Waals surface area contributed by atoms with Crippen LogP contribution in [0.15, 0.2) is 23.0 Å². The van der Waals surface area contributed by atoms with Gasteiger partial charge in [0.15, 0.2) is 29.3 Å². The van der Waals surface area contributed by atoms with E-state index in [2.05, 4.69) is 10.1 Å². The van der Waals surface area contributed by atoms with Crippen LogP contribution < -0.4 is 10.4 Å². The number of aliphatic hydroxyl groups excluding tert-OH is 1. The van der Waals surface area contributed by atoms with Crippen LogP contribution in [0.1, 0.15) is 46.7 Å². The summed E-state index contributed by atoms with van der Waals surface area (Å²) in [6, 6.07) is 3.97. The molecular weight excluding hydrogens is 508 g/mol. The number of benzene rings is 1. The van der Waals surface area contributed by atoms with Gasteiger partial charge >= 0.3 is 11.9 Å². The van der Waals surface area contributed by atoms with Crippen LogP contribution in [-0.2, 0) is 19.6 Å². The van der Waals surface area contributed by atoms with Gasteiger partial charge in [-0.2, -0.15) is 22.8 Å². The van der Waals surface area contributed by atoms with Gasteiger partial charge in [-0.1, -0.05) is 17.7 Å². The predicted octanol–water partition coefficient (Wildman–Crippen LogP) is 4.11. The van der Waals surface area contributed by atoms with Crippen molar-refractivity contribution >= 4 is 17.4 Å². The number of alkyl halides is 3. The number of carbonyl (C=O) groups excluding carboxylic acids is 1. The molecule has 0 aliphatic heterocycles. The first-order chi connectivity index (χ1) is 16.8. The number of rotatable bonds is 8. The third-order valence-corrected chi connectivity index (χ3v) is 6.07. The summed E-state index contributed by atoms with van der Waals surface area (Å²) in [4.78, 5) is 29.5. The second-order valence-electron chi connectivity index (χ2n) is 8.03. The Hall–Kier alpha value is -3.25. The molecule has 1 N–H and O–H groups in total. The van der Waals surface area contributed by atoms with Crippen molar-refractivity contribution in [1.82, 2.24) is 19.3 Å². The first-order valence-corrected chi connectivity index (χ1v) is 11.2. The Balaban J connectivity index is 2.17. The van der Waals surface area contributed by atoms with Gasteiger partial charge in [0.1, 0.15) is 6.61 Å². The number of aryl methyl sites for hydroxylation is 1. The summed E-state index contributed by atoms with van der Waals surface area (Å²) in [6.07, 6.45) is -7.59. The molecule has 0 amide bonds. The zero-order chi connectivity index (χ0) is 26.9. The Bertz CT molecular complexity index is 1370. The van der Waals surface area contributed by atoms with Gasteiger partial charge in [0.2, 0.25) is 5.88 Å². The van der Waals surface area contributed by atoms with Crippen molar-refractivity contribution in [2.24, 2.45) is 0 Å². The number of hydrogen-bond donors (Lipinski definition) is 1. The second-order valence-corrected chi connectivity index (χ2v) is 8.44. The Morgan fingerprint density at radius 3 is 2.50 bits per heavy atom. The molecule has 8 nitrogen and oxygen atoms in total. The average molecular weight is 531 g/mol. The van der Waals surface area contributed by atoms with Crippen LogP contribution in [0.5, 0.6) is 5.88 Å². The molecule has 0 aliphatic carbocycles. The first-order valence-electron chi connectivity index (χ1n) is 10.8. The summed E-state index contributed by atoms with van der Waals surface area (Å²) < 4.78 is 61.4. The van der Waals surface area contributed by atoms with Crippen LogP contribution in [0.2, 0.25) is 5.02 Å². The fourth-order valence-electron chi connectivity index (χ4n) is 3.46. The maximum Gasteiger partial charge on any atom is 0.425 e. The van der Waals surface area contributed by atoms with E-state index in [1.165, 1.54) is 0 Å². The number of carbonyl (C=O) groups is 1. The Kier molecular flexibility index (Phi) is 7.89. The number of ketones is 1. The van der Waals surface area contributed by atoms with Gasteiger partial charge in [-0.15, -0.1) is 5.10 Å². The van der Waals surface area contributed by atoms with Crippen LogP contribution in [0.25, 0.3) is 5.82 Å². The van der Waals surface area contributed by atoms with Crippen LogP contribution in [0, 0.1) is 19.7 Å². The van der Waals surface area contributed by atoms with Crippen molar-refractivity contribution < 1.29 is 32.2 Å². The molecule has 3 rings (SSSR count). The Labute approximate surface area is 208 Å². The van der Waals surface area contributed by atoms with Gasteiger partial charge in [0.05, 0.1) is 5.56 Å². The van der Waals surface area contributed by atoms with E-state index >= 15 is 4.39 Å². The number of hydrogen-bond acceptors (Lipinski definition) is 6. The lowest BCUT2D eigenvalue weighted by molar-refractivity contribution is -0.190. The zero-order valence-corrected chi connectivity index (χ0v) is 20.5.